The van der Waals surface area contributed by atoms with E-state index in [1.165, 1.54) is 9.80 Å². The summed E-state index contributed by atoms with van der Waals surface area (Å²) in [6.45, 7) is 9.46. The van der Waals surface area contributed by atoms with E-state index in [1.54, 1.807) is 0 Å². The summed E-state index contributed by atoms with van der Waals surface area (Å²) in [5.74, 6) is -0.769. The van der Waals surface area contributed by atoms with Crippen LogP contribution < -0.4 is 0 Å². The lowest BCUT2D eigenvalue weighted by atomic mass is 10.1. The van der Waals surface area contributed by atoms with Gasteiger partial charge in [-0.25, -0.2) is 0 Å². The summed E-state index contributed by atoms with van der Waals surface area (Å²) in [4.78, 5) is 26.2. The monoisotopic (exact) mass is 226 g/mol. The molecule has 0 unspecified atom stereocenters. The lowest BCUT2D eigenvalue weighted by Gasteiger charge is -2.37. The molecule has 4 nitrogen and oxygen atoms in total. The van der Waals surface area contributed by atoms with Gasteiger partial charge in [-0.1, -0.05) is 6.58 Å². The van der Waals surface area contributed by atoms with Gasteiger partial charge in [0, 0.05) is 12.6 Å². The van der Waals surface area contributed by atoms with Crippen LogP contribution in [0.25, 0.3) is 0 Å². The summed E-state index contributed by atoms with van der Waals surface area (Å²) >= 11 is 5.10. The van der Waals surface area contributed by atoms with E-state index in [-0.39, 0.29) is 28.5 Å². The molecule has 0 aromatic rings. The Morgan fingerprint density at radius 2 is 1.87 bits per heavy atom. The summed E-state index contributed by atoms with van der Waals surface area (Å²) in [5.41, 5.74) is -0.0147. The molecule has 1 aliphatic rings. The fourth-order valence-electron chi connectivity index (χ4n) is 1.44. The first-order valence-corrected chi connectivity index (χ1v) is 5.20. The van der Waals surface area contributed by atoms with Crippen LogP contribution in [0.1, 0.15) is 20.8 Å². The van der Waals surface area contributed by atoms with Crippen molar-refractivity contribution in [1.29, 1.82) is 0 Å². The zero-order chi connectivity index (χ0) is 11.7. The molecule has 0 radical (unpaired) electrons. The van der Waals surface area contributed by atoms with Gasteiger partial charge < -0.3 is 0 Å². The molecule has 1 heterocycles. The fraction of sp³-hybridized carbons (Fsp3) is 0.500. The first kappa shape index (κ1) is 11.8. The maximum Gasteiger partial charge on any atom is 0.265 e. The molecular weight excluding hydrogens is 212 g/mol. The first-order chi connectivity index (χ1) is 6.91. The molecule has 0 spiro atoms. The van der Waals surface area contributed by atoms with Crippen molar-refractivity contribution >= 4 is 29.1 Å². The molecule has 0 aromatic heterocycles. The van der Waals surface area contributed by atoms with E-state index < -0.39 is 0 Å². The topological polar surface area (TPSA) is 40.6 Å². The molecule has 0 N–H and O–H groups in total. The highest BCUT2D eigenvalue weighted by Gasteiger charge is 2.38. The highest BCUT2D eigenvalue weighted by atomic mass is 32.1. The van der Waals surface area contributed by atoms with Gasteiger partial charge >= 0.3 is 0 Å². The van der Waals surface area contributed by atoms with Crippen LogP contribution in [0.2, 0.25) is 0 Å². The Bertz CT molecular complexity index is 349. The molecule has 1 fully saturated rings. The minimum atomic E-state index is -0.385. The van der Waals surface area contributed by atoms with Crippen molar-refractivity contribution in [1.82, 2.24) is 9.80 Å². The largest absolute Gasteiger partial charge is 0.285 e. The van der Waals surface area contributed by atoms with E-state index in [0.717, 1.165) is 0 Å². The normalized spacial score (nSPS) is 18.1. The van der Waals surface area contributed by atoms with Crippen molar-refractivity contribution in [2.45, 2.75) is 26.8 Å². The van der Waals surface area contributed by atoms with Gasteiger partial charge in [0.25, 0.3) is 11.8 Å². The predicted octanol–water partition coefficient (Wildman–Crippen LogP) is 0.927. The van der Waals surface area contributed by atoms with Gasteiger partial charge in [0.15, 0.2) is 5.11 Å². The zero-order valence-electron chi connectivity index (χ0n) is 9.11. The molecular formula is C10H14N2O2S. The standard InChI is InChI=1S/C10H14N2O2S/c1-5-11-8(13)7(4)9(14)12(6(2)3)10(11)15/h6H,4-5H2,1-3H3. The van der Waals surface area contributed by atoms with E-state index in [2.05, 4.69) is 6.58 Å². The van der Waals surface area contributed by atoms with Crippen LogP contribution in [-0.4, -0.2) is 39.3 Å². The molecule has 0 aromatic carbocycles. The Labute approximate surface area is 94.5 Å². The Morgan fingerprint density at radius 1 is 1.33 bits per heavy atom. The van der Waals surface area contributed by atoms with E-state index in [4.69, 9.17) is 12.2 Å². The molecule has 2 amide bonds. The average Bonchev–Trinajstić information content (AvgIpc) is 2.15. The summed E-state index contributed by atoms with van der Waals surface area (Å²) in [6.07, 6.45) is 0. The number of thiocarbonyl (C=S) groups is 1. The van der Waals surface area contributed by atoms with E-state index in [9.17, 15) is 9.59 Å². The van der Waals surface area contributed by atoms with Crippen molar-refractivity contribution in [2.75, 3.05) is 6.54 Å². The van der Waals surface area contributed by atoms with E-state index >= 15 is 0 Å². The van der Waals surface area contributed by atoms with Crippen LogP contribution in [0.3, 0.4) is 0 Å². The van der Waals surface area contributed by atoms with Gasteiger partial charge in [0.05, 0.1) is 5.57 Å². The third kappa shape index (κ3) is 1.79. The van der Waals surface area contributed by atoms with Gasteiger partial charge in [-0.2, -0.15) is 0 Å². The Balaban J connectivity index is 3.12. The zero-order valence-corrected chi connectivity index (χ0v) is 9.93. The smallest absolute Gasteiger partial charge is 0.265 e. The number of carbonyl (C=O) groups excluding carboxylic acids is 2. The first-order valence-electron chi connectivity index (χ1n) is 4.80. The number of carbonyl (C=O) groups is 2. The van der Waals surface area contributed by atoms with Crippen LogP contribution in [-0.2, 0) is 9.59 Å². The highest BCUT2D eigenvalue weighted by molar-refractivity contribution is 7.80. The second-order valence-corrected chi connectivity index (χ2v) is 3.94. The molecule has 82 valence electrons. The van der Waals surface area contributed by atoms with Gasteiger partial charge in [-0.3, -0.25) is 19.4 Å². The SMILES string of the molecule is C=C1C(=O)N(CC)C(=S)N(C(C)C)C1=O. The quantitative estimate of drug-likeness (QED) is 0.399. The molecule has 1 rings (SSSR count). The van der Waals surface area contributed by atoms with Crippen LogP contribution in [0.5, 0.6) is 0 Å². The Hall–Kier alpha value is -1.23. The molecule has 0 atom stereocenters. The second-order valence-electron chi connectivity index (χ2n) is 3.58. The van der Waals surface area contributed by atoms with Crippen molar-refractivity contribution in [3.63, 3.8) is 0 Å². The van der Waals surface area contributed by atoms with Crippen molar-refractivity contribution in [3.05, 3.63) is 12.2 Å². The number of nitrogens with zero attached hydrogens (tertiary/aromatic N) is 2. The predicted molar refractivity (Wildman–Crippen MR) is 61.1 cm³/mol. The summed E-state index contributed by atoms with van der Waals surface area (Å²) in [5, 5.41) is 0.273. The van der Waals surface area contributed by atoms with Crippen molar-refractivity contribution < 1.29 is 9.59 Å². The number of amides is 2. The van der Waals surface area contributed by atoms with Gasteiger partial charge in [-0.05, 0) is 33.0 Å². The third-order valence-corrected chi connectivity index (χ3v) is 2.67. The Morgan fingerprint density at radius 3 is 2.27 bits per heavy atom. The van der Waals surface area contributed by atoms with Crippen LogP contribution in [0.4, 0.5) is 0 Å². The molecule has 0 bridgehead atoms. The fourth-order valence-corrected chi connectivity index (χ4v) is 1.94. The number of rotatable bonds is 2. The van der Waals surface area contributed by atoms with Crippen molar-refractivity contribution in [2.24, 2.45) is 0 Å². The van der Waals surface area contributed by atoms with Crippen LogP contribution in [0, 0.1) is 0 Å². The van der Waals surface area contributed by atoms with Crippen molar-refractivity contribution in [3.8, 4) is 0 Å². The number of hydrogen-bond acceptors (Lipinski definition) is 3. The Kier molecular flexibility index (Phi) is 3.24. The molecule has 0 saturated carbocycles. The maximum absolute atomic E-state index is 11.7. The number of likely N-dealkylation sites (N-methyl/N-ethyl adjacent to an activating group) is 1. The molecule has 15 heavy (non-hydrogen) atoms. The van der Waals surface area contributed by atoms with Crippen LogP contribution in [0.15, 0.2) is 12.2 Å². The lowest BCUT2D eigenvalue weighted by molar-refractivity contribution is -0.134. The summed E-state index contributed by atoms with van der Waals surface area (Å²) in [6, 6.07) is -0.0658. The molecule has 1 aliphatic heterocycles. The third-order valence-electron chi connectivity index (χ3n) is 2.25. The molecule has 5 heteroatoms. The summed E-state index contributed by atoms with van der Waals surface area (Å²) in [7, 11) is 0. The second kappa shape index (κ2) is 4.10. The molecule has 1 saturated heterocycles. The highest BCUT2D eigenvalue weighted by Crippen LogP contribution is 2.18. The minimum absolute atomic E-state index is 0.0147. The average molecular weight is 226 g/mol. The summed E-state index contributed by atoms with van der Waals surface area (Å²) < 4.78 is 0. The van der Waals surface area contributed by atoms with Crippen LogP contribution >= 0.6 is 12.2 Å². The minimum Gasteiger partial charge on any atom is -0.285 e. The van der Waals surface area contributed by atoms with E-state index in [1.807, 2.05) is 20.8 Å². The van der Waals surface area contributed by atoms with Gasteiger partial charge in [0.2, 0.25) is 0 Å². The molecule has 0 aliphatic carbocycles. The lowest BCUT2D eigenvalue weighted by Crippen LogP contribution is -2.57. The van der Waals surface area contributed by atoms with E-state index in [0.29, 0.717) is 6.54 Å². The van der Waals surface area contributed by atoms with Gasteiger partial charge in [-0.15, -0.1) is 0 Å². The maximum atomic E-state index is 11.7. The van der Waals surface area contributed by atoms with Gasteiger partial charge in [0.1, 0.15) is 0 Å². The number of hydrogen-bond donors (Lipinski definition) is 0.